The maximum Gasteiger partial charge on any atom is 0.354 e. The van der Waals surface area contributed by atoms with E-state index in [4.69, 9.17) is 4.74 Å². The van der Waals surface area contributed by atoms with Gasteiger partial charge in [0.1, 0.15) is 11.4 Å². The van der Waals surface area contributed by atoms with Crippen LogP contribution in [0.1, 0.15) is 49.4 Å². The molecule has 1 heterocycles. The van der Waals surface area contributed by atoms with Crippen LogP contribution in [0, 0.1) is 0 Å². The number of ketones is 2. The summed E-state index contributed by atoms with van der Waals surface area (Å²) in [5, 5.41) is 0. The third kappa shape index (κ3) is 1.81. The van der Waals surface area contributed by atoms with Crippen LogP contribution in [0.5, 0.6) is 0 Å². The second-order valence-electron chi connectivity index (χ2n) is 4.78. The van der Waals surface area contributed by atoms with Gasteiger partial charge in [-0.3, -0.25) is 9.59 Å². The normalized spacial score (nSPS) is 12.9. The first-order valence-corrected chi connectivity index (χ1v) is 6.61. The Hall–Kier alpha value is -2.69. The van der Waals surface area contributed by atoms with E-state index in [9.17, 15) is 14.4 Å². The molecule has 106 valence electrons. The van der Waals surface area contributed by atoms with Crippen LogP contribution < -0.4 is 0 Å². The van der Waals surface area contributed by atoms with Gasteiger partial charge in [0.2, 0.25) is 5.78 Å². The molecule has 5 heteroatoms. The van der Waals surface area contributed by atoms with Gasteiger partial charge in [-0.15, -0.1) is 0 Å². The van der Waals surface area contributed by atoms with Crippen molar-refractivity contribution in [2.45, 2.75) is 6.92 Å². The molecular weight excluding hydrogens is 270 g/mol. The number of ether oxygens (including phenoxy) is 1. The third-order valence-corrected chi connectivity index (χ3v) is 3.59. The van der Waals surface area contributed by atoms with Crippen molar-refractivity contribution in [3.05, 3.63) is 58.4 Å². The zero-order valence-corrected chi connectivity index (χ0v) is 11.7. The fourth-order valence-corrected chi connectivity index (χ4v) is 2.60. The van der Waals surface area contributed by atoms with E-state index in [1.54, 1.807) is 38.2 Å². The highest BCUT2D eigenvalue weighted by atomic mass is 16.5. The fraction of sp³-hybridized carbons (Fsp3) is 0.188. The first-order chi connectivity index (χ1) is 10.1. The van der Waals surface area contributed by atoms with Crippen LogP contribution in [0.25, 0.3) is 0 Å². The van der Waals surface area contributed by atoms with Crippen LogP contribution in [0.15, 0.2) is 30.3 Å². The van der Waals surface area contributed by atoms with Crippen molar-refractivity contribution in [1.29, 1.82) is 0 Å². The highest BCUT2D eigenvalue weighted by molar-refractivity contribution is 6.28. The van der Waals surface area contributed by atoms with Gasteiger partial charge >= 0.3 is 5.97 Å². The molecule has 0 spiro atoms. The number of hydrogen-bond donors (Lipinski definition) is 0. The standard InChI is InChI=1S/C16H13NO4/c1-3-21-16(20)12-8-11-13(17(12)2)15(19)10-7-5-4-6-9(10)14(11)18/h4-8H,3H2,1-2H3. The lowest BCUT2D eigenvalue weighted by atomic mass is 9.88. The second kappa shape index (κ2) is 4.70. The highest BCUT2D eigenvalue weighted by Gasteiger charge is 2.34. The summed E-state index contributed by atoms with van der Waals surface area (Å²) in [6.07, 6.45) is 0. The Morgan fingerprint density at radius 1 is 1.10 bits per heavy atom. The molecule has 0 saturated heterocycles. The van der Waals surface area contributed by atoms with Crippen molar-refractivity contribution in [1.82, 2.24) is 4.57 Å². The SMILES string of the molecule is CCOC(=O)c1cc2c(n1C)C(=O)c1ccccc1C2=O. The second-order valence-corrected chi connectivity index (χ2v) is 4.78. The zero-order valence-electron chi connectivity index (χ0n) is 11.7. The molecule has 0 radical (unpaired) electrons. The van der Waals surface area contributed by atoms with Crippen LogP contribution in [0.2, 0.25) is 0 Å². The minimum Gasteiger partial charge on any atom is -0.461 e. The van der Waals surface area contributed by atoms with E-state index in [1.165, 1.54) is 10.6 Å². The summed E-state index contributed by atoms with van der Waals surface area (Å²) < 4.78 is 6.39. The molecular formula is C16H13NO4. The van der Waals surface area contributed by atoms with Gasteiger partial charge in [-0.05, 0) is 13.0 Å². The molecule has 1 aromatic heterocycles. The Bertz CT molecular complexity index is 786. The van der Waals surface area contributed by atoms with Crippen molar-refractivity contribution in [3.63, 3.8) is 0 Å². The monoisotopic (exact) mass is 283 g/mol. The Labute approximate surface area is 121 Å². The molecule has 0 fully saturated rings. The topological polar surface area (TPSA) is 65.4 Å². The molecule has 1 aromatic carbocycles. The quantitative estimate of drug-likeness (QED) is 0.674. The Balaban J connectivity index is 2.20. The van der Waals surface area contributed by atoms with Crippen molar-refractivity contribution in [3.8, 4) is 0 Å². The number of hydrogen-bond acceptors (Lipinski definition) is 4. The third-order valence-electron chi connectivity index (χ3n) is 3.59. The molecule has 1 aliphatic rings. The highest BCUT2D eigenvalue weighted by Crippen LogP contribution is 2.29. The lowest BCUT2D eigenvalue weighted by molar-refractivity contribution is 0.0515. The van der Waals surface area contributed by atoms with Crippen molar-refractivity contribution in [2.75, 3.05) is 6.61 Å². The minimum absolute atomic E-state index is 0.205. The maximum absolute atomic E-state index is 12.5. The lowest BCUT2D eigenvalue weighted by Gasteiger charge is -2.15. The van der Waals surface area contributed by atoms with Crippen molar-refractivity contribution < 1.29 is 19.1 Å². The average molecular weight is 283 g/mol. The number of benzene rings is 1. The Morgan fingerprint density at radius 3 is 2.33 bits per heavy atom. The number of rotatable bonds is 2. The van der Waals surface area contributed by atoms with E-state index in [0.29, 0.717) is 11.1 Å². The summed E-state index contributed by atoms with van der Waals surface area (Å²) in [6.45, 7) is 1.93. The van der Waals surface area contributed by atoms with Gasteiger partial charge in [0.25, 0.3) is 0 Å². The summed E-state index contributed by atoms with van der Waals surface area (Å²) in [5.41, 5.74) is 1.44. The molecule has 3 rings (SSSR count). The van der Waals surface area contributed by atoms with Crippen molar-refractivity contribution in [2.24, 2.45) is 7.05 Å². The van der Waals surface area contributed by atoms with Crippen LogP contribution in [-0.4, -0.2) is 28.7 Å². The largest absolute Gasteiger partial charge is 0.461 e. The van der Waals surface area contributed by atoms with E-state index < -0.39 is 5.97 Å². The summed E-state index contributed by atoms with van der Waals surface area (Å²) in [6, 6.07) is 8.10. The van der Waals surface area contributed by atoms with Crippen LogP contribution in [0.3, 0.4) is 0 Å². The predicted octanol–water partition coefficient (Wildman–Crippen LogP) is 1.98. The maximum atomic E-state index is 12.5. The minimum atomic E-state index is -0.543. The zero-order chi connectivity index (χ0) is 15.1. The molecule has 1 aliphatic carbocycles. The molecule has 0 unspecified atom stereocenters. The van der Waals surface area contributed by atoms with Gasteiger partial charge in [-0.2, -0.15) is 0 Å². The predicted molar refractivity (Wildman–Crippen MR) is 74.7 cm³/mol. The molecule has 0 bridgehead atoms. The average Bonchev–Trinajstić information content (AvgIpc) is 2.83. The molecule has 0 N–H and O–H groups in total. The van der Waals surface area contributed by atoms with E-state index in [2.05, 4.69) is 0 Å². The van der Waals surface area contributed by atoms with E-state index in [-0.39, 0.29) is 35.1 Å². The van der Waals surface area contributed by atoms with Crippen LogP contribution in [-0.2, 0) is 11.8 Å². The number of esters is 1. The van der Waals surface area contributed by atoms with Gasteiger partial charge in [0.15, 0.2) is 5.78 Å². The number of carbonyl (C=O) groups is 3. The van der Waals surface area contributed by atoms with E-state index >= 15 is 0 Å². The molecule has 21 heavy (non-hydrogen) atoms. The van der Waals surface area contributed by atoms with E-state index in [0.717, 1.165) is 0 Å². The molecule has 5 nitrogen and oxygen atoms in total. The molecule has 0 aliphatic heterocycles. The van der Waals surface area contributed by atoms with Gasteiger partial charge in [-0.1, -0.05) is 24.3 Å². The lowest BCUT2D eigenvalue weighted by Crippen LogP contribution is -2.22. The number of nitrogens with zero attached hydrogens (tertiary/aromatic N) is 1. The first kappa shape index (κ1) is 13.3. The van der Waals surface area contributed by atoms with Crippen LogP contribution >= 0.6 is 0 Å². The Kier molecular flexibility index (Phi) is 2.97. The van der Waals surface area contributed by atoms with Gasteiger partial charge in [-0.25, -0.2) is 4.79 Å². The summed E-state index contributed by atoms with van der Waals surface area (Å²) in [5.74, 6) is -1.04. The summed E-state index contributed by atoms with van der Waals surface area (Å²) in [4.78, 5) is 36.9. The Morgan fingerprint density at radius 2 is 1.71 bits per heavy atom. The van der Waals surface area contributed by atoms with Crippen LogP contribution in [0.4, 0.5) is 0 Å². The number of carbonyl (C=O) groups excluding carboxylic acids is 3. The summed E-state index contributed by atoms with van der Waals surface area (Å²) >= 11 is 0. The smallest absolute Gasteiger partial charge is 0.354 e. The van der Waals surface area contributed by atoms with E-state index in [1.807, 2.05) is 0 Å². The molecule has 2 aromatic rings. The van der Waals surface area contributed by atoms with Crippen molar-refractivity contribution >= 4 is 17.5 Å². The summed E-state index contributed by atoms with van der Waals surface area (Å²) in [7, 11) is 1.59. The first-order valence-electron chi connectivity index (χ1n) is 6.61. The number of aromatic nitrogens is 1. The van der Waals surface area contributed by atoms with Gasteiger partial charge in [0.05, 0.1) is 12.2 Å². The molecule has 0 atom stereocenters. The molecule has 0 amide bonds. The fourth-order valence-electron chi connectivity index (χ4n) is 2.60. The van der Waals surface area contributed by atoms with Gasteiger partial charge in [0, 0.05) is 18.2 Å². The van der Waals surface area contributed by atoms with Gasteiger partial charge < -0.3 is 9.30 Å². The molecule has 0 saturated carbocycles. The number of fused-ring (bicyclic) bond motifs is 2.